The van der Waals surface area contributed by atoms with Crippen molar-refractivity contribution in [1.82, 2.24) is 0 Å². The lowest BCUT2D eigenvalue weighted by molar-refractivity contribution is -0.147. The van der Waals surface area contributed by atoms with Gasteiger partial charge in [0.25, 0.3) is 0 Å². The van der Waals surface area contributed by atoms with E-state index in [0.717, 1.165) is 12.8 Å². The summed E-state index contributed by atoms with van der Waals surface area (Å²) in [5.41, 5.74) is -0.578. The van der Waals surface area contributed by atoms with Crippen molar-refractivity contribution in [2.24, 2.45) is 0 Å². The minimum absolute atomic E-state index is 0.199. The predicted molar refractivity (Wildman–Crippen MR) is 95.5 cm³/mol. The number of hydrogen-bond acceptors (Lipinski definition) is 3. The fourth-order valence-electron chi connectivity index (χ4n) is 2.94. The predicted octanol–water partition coefficient (Wildman–Crippen LogP) is 5.58. The van der Waals surface area contributed by atoms with Crippen LogP contribution in [0.4, 0.5) is 0 Å². The molecule has 0 saturated carbocycles. The highest BCUT2D eigenvalue weighted by molar-refractivity contribution is 5.82. The van der Waals surface area contributed by atoms with Gasteiger partial charge in [-0.3, -0.25) is 0 Å². The Morgan fingerprint density at radius 1 is 0.957 bits per heavy atom. The van der Waals surface area contributed by atoms with Gasteiger partial charge in [-0.15, -0.1) is 0 Å². The molecule has 0 unspecified atom stereocenters. The third-order valence-electron chi connectivity index (χ3n) is 4.64. The largest absolute Gasteiger partial charge is 0.467 e. The van der Waals surface area contributed by atoms with Gasteiger partial charge in [0, 0.05) is 0 Å². The fraction of sp³-hybridized carbons (Fsp3) is 0.850. The van der Waals surface area contributed by atoms with Gasteiger partial charge in [0.05, 0.1) is 13.7 Å². The van der Waals surface area contributed by atoms with Crippen molar-refractivity contribution in [2.45, 2.75) is 96.0 Å². The molecule has 1 aliphatic rings. The Balaban J connectivity index is 1.83. The number of unbranched alkanes of at least 4 members (excludes halogenated alkanes) is 10. The van der Waals surface area contributed by atoms with E-state index in [1.54, 1.807) is 0 Å². The van der Waals surface area contributed by atoms with Crippen molar-refractivity contribution in [2.75, 3.05) is 13.7 Å². The zero-order valence-corrected chi connectivity index (χ0v) is 15.3. The quantitative estimate of drug-likeness (QED) is 0.171. The summed E-state index contributed by atoms with van der Waals surface area (Å²) in [5.74, 6) is -0.199. The van der Waals surface area contributed by atoms with Crippen molar-refractivity contribution >= 4 is 5.97 Å². The van der Waals surface area contributed by atoms with Gasteiger partial charge in [0.15, 0.2) is 5.60 Å². The Bertz CT molecular complexity index is 332. The molecule has 1 aliphatic heterocycles. The number of rotatable bonds is 15. The average Bonchev–Trinajstić information content (AvgIpc) is 3.35. The summed E-state index contributed by atoms with van der Waals surface area (Å²) >= 11 is 0. The minimum atomic E-state index is -0.578. The Hall–Kier alpha value is -0.830. The molecule has 0 radical (unpaired) electrons. The maximum absolute atomic E-state index is 11.5. The molecule has 1 heterocycles. The topological polar surface area (TPSA) is 38.8 Å². The van der Waals surface area contributed by atoms with Crippen LogP contribution in [0.15, 0.2) is 12.2 Å². The van der Waals surface area contributed by atoms with Crippen LogP contribution in [-0.2, 0) is 14.3 Å². The van der Waals surface area contributed by atoms with Gasteiger partial charge >= 0.3 is 5.97 Å². The number of ether oxygens (including phenoxy) is 2. The highest BCUT2D eigenvalue weighted by Crippen LogP contribution is 2.34. The molecule has 3 heteroatoms. The van der Waals surface area contributed by atoms with Gasteiger partial charge in [0.1, 0.15) is 0 Å². The molecule has 0 aromatic carbocycles. The van der Waals surface area contributed by atoms with E-state index in [1.165, 1.54) is 77.7 Å². The number of esters is 1. The highest BCUT2D eigenvalue weighted by Gasteiger charge is 2.52. The molecule has 134 valence electrons. The van der Waals surface area contributed by atoms with Gasteiger partial charge in [-0.05, 0) is 38.5 Å². The van der Waals surface area contributed by atoms with Gasteiger partial charge in [-0.2, -0.15) is 0 Å². The van der Waals surface area contributed by atoms with Crippen LogP contribution in [0.25, 0.3) is 0 Å². The summed E-state index contributed by atoms with van der Waals surface area (Å²) in [7, 11) is 1.43. The molecule has 1 atom stereocenters. The first kappa shape index (κ1) is 20.2. The molecule has 1 saturated heterocycles. The van der Waals surface area contributed by atoms with Crippen LogP contribution >= 0.6 is 0 Å². The number of carbonyl (C=O) groups is 1. The standard InChI is InChI=1S/C20H36O3/c1-3-4-5-6-7-8-9-10-11-12-13-14-15-16-17-20(18-23-20)19(21)22-2/h10-11H,3-9,12-18H2,1-2H3/b11-10-/t20-/m1/s1. The van der Waals surface area contributed by atoms with Gasteiger partial charge in [0.2, 0.25) is 0 Å². The van der Waals surface area contributed by atoms with Crippen LogP contribution < -0.4 is 0 Å². The van der Waals surface area contributed by atoms with E-state index in [2.05, 4.69) is 19.1 Å². The molecule has 3 nitrogen and oxygen atoms in total. The highest BCUT2D eigenvalue weighted by atomic mass is 16.6. The summed E-state index contributed by atoms with van der Waals surface area (Å²) in [6, 6.07) is 0. The van der Waals surface area contributed by atoms with Crippen molar-refractivity contribution in [3.05, 3.63) is 12.2 Å². The Labute approximate surface area is 142 Å². The lowest BCUT2D eigenvalue weighted by atomic mass is 10.0. The number of allylic oxidation sites excluding steroid dienone is 2. The van der Waals surface area contributed by atoms with Crippen molar-refractivity contribution < 1.29 is 14.3 Å². The molecule has 23 heavy (non-hydrogen) atoms. The van der Waals surface area contributed by atoms with Crippen molar-refractivity contribution in [1.29, 1.82) is 0 Å². The number of methoxy groups -OCH3 is 1. The van der Waals surface area contributed by atoms with Gasteiger partial charge in [-0.1, -0.05) is 64.0 Å². The molecule has 0 N–H and O–H groups in total. The second-order valence-corrected chi connectivity index (χ2v) is 6.76. The Morgan fingerprint density at radius 3 is 2.00 bits per heavy atom. The number of carbonyl (C=O) groups excluding carboxylic acids is 1. The summed E-state index contributed by atoms with van der Waals surface area (Å²) < 4.78 is 10.1. The van der Waals surface area contributed by atoms with Crippen LogP contribution in [0.3, 0.4) is 0 Å². The molecular weight excluding hydrogens is 288 g/mol. The molecule has 0 aromatic heterocycles. The normalized spacial score (nSPS) is 20.1. The third-order valence-corrected chi connectivity index (χ3v) is 4.64. The first-order valence-electron chi connectivity index (χ1n) is 9.62. The van der Waals surface area contributed by atoms with E-state index in [0.29, 0.717) is 6.61 Å². The monoisotopic (exact) mass is 324 g/mol. The first-order valence-corrected chi connectivity index (χ1v) is 9.62. The van der Waals surface area contributed by atoms with Crippen molar-refractivity contribution in [3.63, 3.8) is 0 Å². The smallest absolute Gasteiger partial charge is 0.340 e. The van der Waals surface area contributed by atoms with E-state index < -0.39 is 5.60 Å². The lowest BCUT2D eigenvalue weighted by Gasteiger charge is -2.08. The second kappa shape index (κ2) is 12.6. The number of hydrogen-bond donors (Lipinski definition) is 0. The Kier molecular flexibility index (Phi) is 11.1. The molecule has 0 bridgehead atoms. The third kappa shape index (κ3) is 9.14. The molecule has 0 aromatic rings. The van der Waals surface area contributed by atoms with E-state index >= 15 is 0 Å². The zero-order chi connectivity index (χ0) is 16.8. The van der Waals surface area contributed by atoms with Crippen LogP contribution in [0.2, 0.25) is 0 Å². The van der Waals surface area contributed by atoms with Crippen LogP contribution in [-0.4, -0.2) is 25.3 Å². The summed E-state index contributed by atoms with van der Waals surface area (Å²) in [6.07, 6.45) is 20.9. The second-order valence-electron chi connectivity index (χ2n) is 6.76. The molecule has 1 rings (SSSR count). The average molecular weight is 325 g/mol. The van der Waals surface area contributed by atoms with Crippen LogP contribution in [0, 0.1) is 0 Å². The van der Waals surface area contributed by atoms with Gasteiger partial charge in [-0.25, -0.2) is 4.79 Å². The number of epoxide rings is 1. The molecular formula is C20H36O3. The van der Waals surface area contributed by atoms with Gasteiger partial charge < -0.3 is 9.47 Å². The fourth-order valence-corrected chi connectivity index (χ4v) is 2.94. The summed E-state index contributed by atoms with van der Waals surface area (Å²) in [5, 5.41) is 0. The molecule has 1 fully saturated rings. The minimum Gasteiger partial charge on any atom is -0.467 e. The maximum Gasteiger partial charge on any atom is 0.340 e. The SMILES string of the molecule is CCCCCCCC/C=C\CCCCCC[C@]1(C(=O)OC)CO1. The molecule has 0 aliphatic carbocycles. The van der Waals surface area contributed by atoms with E-state index in [9.17, 15) is 4.79 Å². The molecule has 0 amide bonds. The first-order chi connectivity index (χ1) is 11.2. The summed E-state index contributed by atoms with van der Waals surface area (Å²) in [6.45, 7) is 2.81. The summed E-state index contributed by atoms with van der Waals surface area (Å²) in [4.78, 5) is 11.5. The Morgan fingerprint density at radius 2 is 1.48 bits per heavy atom. The van der Waals surface area contributed by atoms with Crippen LogP contribution in [0.1, 0.15) is 90.4 Å². The van der Waals surface area contributed by atoms with E-state index in [4.69, 9.17) is 9.47 Å². The zero-order valence-electron chi connectivity index (χ0n) is 15.3. The lowest BCUT2D eigenvalue weighted by Crippen LogP contribution is -2.25. The van der Waals surface area contributed by atoms with E-state index in [-0.39, 0.29) is 5.97 Å². The van der Waals surface area contributed by atoms with Crippen molar-refractivity contribution in [3.8, 4) is 0 Å². The maximum atomic E-state index is 11.5. The van der Waals surface area contributed by atoms with Crippen LogP contribution in [0.5, 0.6) is 0 Å². The van der Waals surface area contributed by atoms with E-state index in [1.807, 2.05) is 0 Å². The molecule has 0 spiro atoms.